The fourth-order valence-corrected chi connectivity index (χ4v) is 5.06. The van der Waals surface area contributed by atoms with Crippen molar-refractivity contribution in [3.63, 3.8) is 0 Å². The molecule has 0 radical (unpaired) electrons. The number of hydrazone groups is 1. The van der Waals surface area contributed by atoms with E-state index < -0.39 is 0 Å². The average molecular weight is 542 g/mol. The molecule has 1 N–H and O–H groups in total. The third-order valence-corrected chi connectivity index (χ3v) is 7.03. The molecule has 0 fully saturated rings. The lowest BCUT2D eigenvalue weighted by Crippen LogP contribution is -2.25. The van der Waals surface area contributed by atoms with Gasteiger partial charge < -0.3 is 14.0 Å². The van der Waals surface area contributed by atoms with Crippen molar-refractivity contribution in [3.05, 3.63) is 131 Å². The first-order valence-electron chi connectivity index (χ1n) is 13.2. The maximum atomic E-state index is 12.9. The molecule has 202 valence electrons. The molecular weight excluding hydrogens is 514 g/mol. The number of para-hydroxylation sites is 2. The highest BCUT2D eigenvalue weighted by Crippen LogP contribution is 2.29. The molecule has 0 saturated carbocycles. The van der Waals surface area contributed by atoms with E-state index in [0.29, 0.717) is 39.9 Å². The number of aromatic nitrogens is 1. The lowest BCUT2D eigenvalue weighted by atomic mass is 10.1. The molecule has 1 heterocycles. The summed E-state index contributed by atoms with van der Waals surface area (Å²) in [6.45, 7) is 0.401. The minimum Gasteiger partial charge on any atom is -0.493 e. The average Bonchev–Trinajstić information content (AvgIpc) is 3.02. The van der Waals surface area contributed by atoms with E-state index in [2.05, 4.69) is 34.8 Å². The second kappa shape index (κ2) is 11.4. The van der Waals surface area contributed by atoms with E-state index in [1.165, 1.54) is 0 Å². The molecule has 7 nitrogen and oxygen atoms in total. The van der Waals surface area contributed by atoms with Crippen molar-refractivity contribution in [1.29, 1.82) is 0 Å². The molecule has 1 aromatic heterocycles. The first-order valence-corrected chi connectivity index (χ1v) is 13.2. The van der Waals surface area contributed by atoms with Crippen LogP contribution in [0.15, 0.2) is 119 Å². The van der Waals surface area contributed by atoms with E-state index in [9.17, 15) is 9.59 Å². The second-order valence-corrected chi connectivity index (χ2v) is 9.58. The van der Waals surface area contributed by atoms with Crippen molar-refractivity contribution in [1.82, 2.24) is 9.99 Å². The van der Waals surface area contributed by atoms with E-state index in [1.54, 1.807) is 31.5 Å². The van der Waals surface area contributed by atoms with Gasteiger partial charge in [-0.2, -0.15) is 5.10 Å². The monoisotopic (exact) mass is 541 g/mol. The standard InChI is InChI=1S/C34H27N3O4/c1-40-32-19-23(17-18-31(32)41-22-25-11-8-10-24-9-2-3-12-26(24)25)20-35-36-33(38)21-37-29-15-6-4-13-27(29)34(39)28-14-5-7-16-30(28)37/h2-20H,21-22H2,1H3,(H,36,38)/b35-20-. The molecule has 6 aromatic rings. The lowest BCUT2D eigenvalue weighted by molar-refractivity contribution is -0.121. The third kappa shape index (κ3) is 5.25. The number of methoxy groups -OCH3 is 1. The zero-order valence-corrected chi connectivity index (χ0v) is 22.4. The van der Waals surface area contributed by atoms with Crippen LogP contribution in [0.3, 0.4) is 0 Å². The molecular formula is C34H27N3O4. The fourth-order valence-electron chi connectivity index (χ4n) is 5.06. The molecule has 1 amide bonds. The van der Waals surface area contributed by atoms with Crippen LogP contribution in [-0.2, 0) is 17.9 Å². The van der Waals surface area contributed by atoms with E-state index in [0.717, 1.165) is 21.9 Å². The predicted molar refractivity (Wildman–Crippen MR) is 163 cm³/mol. The van der Waals surface area contributed by atoms with E-state index in [-0.39, 0.29) is 17.9 Å². The van der Waals surface area contributed by atoms with E-state index in [4.69, 9.17) is 9.47 Å². The normalized spacial score (nSPS) is 11.3. The van der Waals surface area contributed by atoms with E-state index in [1.807, 2.05) is 71.3 Å². The van der Waals surface area contributed by atoms with Gasteiger partial charge in [0.25, 0.3) is 5.91 Å². The molecule has 7 heteroatoms. The molecule has 0 bridgehead atoms. The molecule has 0 saturated heterocycles. The molecule has 0 aliphatic carbocycles. The van der Waals surface area contributed by atoms with Gasteiger partial charge in [-0.3, -0.25) is 9.59 Å². The molecule has 6 rings (SSSR count). The minimum absolute atomic E-state index is 0.00289. The van der Waals surface area contributed by atoms with Gasteiger partial charge in [-0.15, -0.1) is 0 Å². The van der Waals surface area contributed by atoms with Crippen LogP contribution in [0.25, 0.3) is 32.6 Å². The SMILES string of the molecule is COc1cc(/C=N\NC(=O)Cn2c3ccccc3c(=O)c3ccccc32)ccc1OCc1cccc2ccccc12. The number of ether oxygens (including phenoxy) is 2. The Morgan fingerprint density at radius 3 is 2.20 bits per heavy atom. The van der Waals surface area contributed by atoms with Crippen LogP contribution in [0, 0.1) is 0 Å². The Morgan fingerprint density at radius 2 is 1.46 bits per heavy atom. The zero-order chi connectivity index (χ0) is 28.2. The van der Waals surface area contributed by atoms with Crippen LogP contribution in [0.1, 0.15) is 11.1 Å². The number of carbonyl (C=O) groups is 1. The second-order valence-electron chi connectivity index (χ2n) is 9.58. The van der Waals surface area contributed by atoms with Crippen LogP contribution in [0.4, 0.5) is 0 Å². The molecule has 0 spiro atoms. The van der Waals surface area contributed by atoms with Crippen LogP contribution in [0.2, 0.25) is 0 Å². The number of hydrogen-bond donors (Lipinski definition) is 1. The number of hydrogen-bond acceptors (Lipinski definition) is 5. The first-order chi connectivity index (χ1) is 20.1. The van der Waals surface area contributed by atoms with Gasteiger partial charge in [0.1, 0.15) is 13.2 Å². The summed E-state index contributed by atoms with van der Waals surface area (Å²) >= 11 is 0. The first kappa shape index (κ1) is 25.8. The number of fused-ring (bicyclic) bond motifs is 3. The third-order valence-electron chi connectivity index (χ3n) is 7.03. The Balaban J connectivity index is 1.16. The van der Waals surface area contributed by atoms with Crippen LogP contribution < -0.4 is 20.3 Å². The highest BCUT2D eigenvalue weighted by molar-refractivity contribution is 5.95. The van der Waals surface area contributed by atoms with Crippen molar-refractivity contribution in [2.45, 2.75) is 13.2 Å². The quantitative estimate of drug-likeness (QED) is 0.145. The summed E-state index contributed by atoms with van der Waals surface area (Å²) in [7, 11) is 1.59. The van der Waals surface area contributed by atoms with Gasteiger partial charge >= 0.3 is 0 Å². The van der Waals surface area contributed by atoms with Crippen LogP contribution in [-0.4, -0.2) is 23.8 Å². The summed E-state index contributed by atoms with van der Waals surface area (Å²) in [5.74, 6) is 0.854. The minimum atomic E-state index is -0.317. The molecule has 0 atom stereocenters. The maximum Gasteiger partial charge on any atom is 0.260 e. The predicted octanol–water partition coefficient (Wildman–Crippen LogP) is 6.05. The summed E-state index contributed by atoms with van der Waals surface area (Å²) in [6.07, 6.45) is 1.55. The van der Waals surface area contributed by atoms with Gasteiger partial charge in [0, 0.05) is 10.8 Å². The van der Waals surface area contributed by atoms with Gasteiger partial charge in [-0.25, -0.2) is 5.43 Å². The highest BCUT2D eigenvalue weighted by Gasteiger charge is 2.13. The zero-order valence-electron chi connectivity index (χ0n) is 22.4. The molecule has 5 aromatic carbocycles. The van der Waals surface area contributed by atoms with Gasteiger partial charge in [0.15, 0.2) is 16.9 Å². The van der Waals surface area contributed by atoms with Gasteiger partial charge in [-0.1, -0.05) is 66.7 Å². The Kier molecular flexibility index (Phi) is 7.15. The van der Waals surface area contributed by atoms with Crippen molar-refractivity contribution in [3.8, 4) is 11.5 Å². The summed E-state index contributed by atoms with van der Waals surface area (Å²) in [5, 5.41) is 7.60. The Hall–Kier alpha value is -5.43. The maximum absolute atomic E-state index is 12.9. The summed E-state index contributed by atoms with van der Waals surface area (Å²) in [6, 6.07) is 34.4. The Bertz CT molecular complexity index is 1930. The fraction of sp³-hybridized carbons (Fsp3) is 0.0882. The van der Waals surface area contributed by atoms with Crippen molar-refractivity contribution < 1.29 is 14.3 Å². The molecule has 0 unspecified atom stereocenters. The van der Waals surface area contributed by atoms with Crippen molar-refractivity contribution >= 4 is 44.7 Å². The number of nitrogens with one attached hydrogen (secondary N) is 1. The van der Waals surface area contributed by atoms with E-state index >= 15 is 0 Å². The van der Waals surface area contributed by atoms with Gasteiger partial charge in [0.05, 0.1) is 24.4 Å². The van der Waals surface area contributed by atoms with Gasteiger partial charge in [-0.05, 0) is 64.4 Å². The number of rotatable bonds is 8. The largest absolute Gasteiger partial charge is 0.493 e. The summed E-state index contributed by atoms with van der Waals surface area (Å²) < 4.78 is 13.5. The smallest absolute Gasteiger partial charge is 0.260 e. The topological polar surface area (TPSA) is 81.9 Å². The number of nitrogens with zero attached hydrogens (tertiary/aromatic N) is 2. The number of benzene rings is 5. The van der Waals surface area contributed by atoms with Crippen molar-refractivity contribution in [2.75, 3.05) is 7.11 Å². The Morgan fingerprint density at radius 1 is 0.805 bits per heavy atom. The molecule has 41 heavy (non-hydrogen) atoms. The number of amides is 1. The number of carbonyl (C=O) groups excluding carboxylic acids is 1. The lowest BCUT2D eigenvalue weighted by Gasteiger charge is -2.14. The summed E-state index contributed by atoms with van der Waals surface area (Å²) in [4.78, 5) is 25.8. The Labute approximate surface area is 236 Å². The van der Waals surface area contributed by atoms with Crippen LogP contribution in [0.5, 0.6) is 11.5 Å². The highest BCUT2D eigenvalue weighted by atomic mass is 16.5. The van der Waals surface area contributed by atoms with Crippen molar-refractivity contribution in [2.24, 2.45) is 5.10 Å². The molecule has 0 aliphatic heterocycles. The summed E-state index contributed by atoms with van der Waals surface area (Å²) in [5.41, 5.74) is 5.75. The van der Waals surface area contributed by atoms with Gasteiger partial charge in [0.2, 0.25) is 0 Å². The number of pyridine rings is 1. The van der Waals surface area contributed by atoms with Crippen LogP contribution >= 0.6 is 0 Å². The molecule has 0 aliphatic rings.